The second kappa shape index (κ2) is 3.94. The number of pyridine rings is 1. The van der Waals surface area contributed by atoms with Crippen molar-refractivity contribution in [2.45, 2.75) is 12.5 Å². The summed E-state index contributed by atoms with van der Waals surface area (Å²) in [5.74, 6) is 0.717. The van der Waals surface area contributed by atoms with Crippen molar-refractivity contribution in [3.63, 3.8) is 0 Å². The van der Waals surface area contributed by atoms with Gasteiger partial charge in [0.15, 0.2) is 0 Å². The maximum atomic E-state index is 5.74. The predicted molar refractivity (Wildman–Crippen MR) is 50.1 cm³/mol. The van der Waals surface area contributed by atoms with Crippen molar-refractivity contribution < 1.29 is 4.74 Å². The van der Waals surface area contributed by atoms with Gasteiger partial charge in [0.25, 0.3) is 0 Å². The van der Waals surface area contributed by atoms with Crippen LogP contribution >= 0.6 is 11.6 Å². The summed E-state index contributed by atoms with van der Waals surface area (Å²) >= 11 is 5.74. The molecule has 0 bridgehead atoms. The van der Waals surface area contributed by atoms with Gasteiger partial charge in [-0.2, -0.15) is 0 Å². The van der Waals surface area contributed by atoms with Crippen LogP contribution in [0.15, 0.2) is 18.5 Å². The number of rotatable bonds is 3. The maximum absolute atomic E-state index is 5.74. The normalized spacial score (nSPS) is 20.8. The smallest absolute Gasteiger partial charge is 0.139 e. The molecule has 3 nitrogen and oxygen atoms in total. The highest BCUT2D eigenvalue weighted by Gasteiger charge is 2.18. The van der Waals surface area contributed by atoms with E-state index in [9.17, 15) is 0 Å². The van der Waals surface area contributed by atoms with Crippen LogP contribution in [0.3, 0.4) is 0 Å². The molecule has 1 radical (unpaired) electrons. The number of nitrogens with zero attached hydrogens (tertiary/aromatic N) is 2. The van der Waals surface area contributed by atoms with Crippen molar-refractivity contribution in [3.8, 4) is 5.75 Å². The molecule has 1 fully saturated rings. The molecule has 1 aliphatic heterocycles. The Morgan fingerprint density at radius 1 is 1.54 bits per heavy atom. The molecule has 1 saturated heterocycles. The van der Waals surface area contributed by atoms with Crippen LogP contribution in [-0.2, 0) is 0 Å². The average Bonchev–Trinajstić information content (AvgIpc) is 2.01. The first-order valence-corrected chi connectivity index (χ1v) is 4.62. The zero-order valence-corrected chi connectivity index (χ0v) is 7.87. The van der Waals surface area contributed by atoms with Crippen molar-refractivity contribution in [1.82, 2.24) is 10.3 Å². The number of hydrogen-bond donors (Lipinski definition) is 0. The molecule has 0 spiro atoms. The van der Waals surface area contributed by atoms with E-state index in [2.05, 4.69) is 10.3 Å². The summed E-state index contributed by atoms with van der Waals surface area (Å²) in [5.41, 5.74) is 0. The molecule has 69 valence electrons. The Balaban J connectivity index is 1.86. The fraction of sp³-hybridized carbons (Fsp3) is 0.444. The lowest BCUT2D eigenvalue weighted by molar-refractivity contribution is 0.212. The summed E-state index contributed by atoms with van der Waals surface area (Å²) in [7, 11) is 0. The molecule has 13 heavy (non-hydrogen) atoms. The van der Waals surface area contributed by atoms with Crippen molar-refractivity contribution >= 4 is 11.6 Å². The van der Waals surface area contributed by atoms with Crippen molar-refractivity contribution in [3.05, 3.63) is 23.5 Å². The lowest BCUT2D eigenvalue weighted by Crippen LogP contribution is -2.40. The van der Waals surface area contributed by atoms with Crippen molar-refractivity contribution in [1.29, 1.82) is 0 Å². The van der Waals surface area contributed by atoms with E-state index in [1.165, 1.54) is 0 Å². The van der Waals surface area contributed by atoms with Crippen LogP contribution < -0.4 is 10.1 Å². The summed E-state index contributed by atoms with van der Waals surface area (Å²) < 4.78 is 5.45. The third-order valence-electron chi connectivity index (χ3n) is 1.97. The number of ether oxygens (including phenoxy) is 1. The summed E-state index contributed by atoms with van der Waals surface area (Å²) in [6.45, 7) is 1.61. The van der Waals surface area contributed by atoms with E-state index in [-0.39, 0.29) is 0 Å². The summed E-state index contributed by atoms with van der Waals surface area (Å²) in [5, 5.41) is 4.83. The van der Waals surface area contributed by atoms with E-state index < -0.39 is 0 Å². The SMILES string of the molecule is Clc1cncc(OCC2CC[N]2)c1. The van der Waals surface area contributed by atoms with Crippen LogP contribution in [0.5, 0.6) is 5.75 Å². The quantitative estimate of drug-likeness (QED) is 0.736. The molecule has 4 heteroatoms. The van der Waals surface area contributed by atoms with E-state index >= 15 is 0 Å². The Labute approximate surface area is 82.1 Å². The fourth-order valence-electron chi connectivity index (χ4n) is 1.11. The van der Waals surface area contributed by atoms with Crippen LogP contribution in [0.2, 0.25) is 5.02 Å². The van der Waals surface area contributed by atoms with Gasteiger partial charge in [0.05, 0.1) is 17.3 Å². The van der Waals surface area contributed by atoms with Crippen LogP contribution in [0.25, 0.3) is 0 Å². The Kier molecular flexibility index (Phi) is 2.66. The van der Waals surface area contributed by atoms with E-state index in [4.69, 9.17) is 16.3 Å². The molecule has 2 rings (SSSR count). The van der Waals surface area contributed by atoms with Gasteiger partial charge in [-0.1, -0.05) is 11.6 Å². The third-order valence-corrected chi connectivity index (χ3v) is 2.18. The monoisotopic (exact) mass is 197 g/mol. The zero-order chi connectivity index (χ0) is 9.10. The highest BCUT2D eigenvalue weighted by Crippen LogP contribution is 2.16. The van der Waals surface area contributed by atoms with Gasteiger partial charge in [-0.05, 0) is 6.42 Å². The first kappa shape index (κ1) is 8.78. The van der Waals surface area contributed by atoms with Crippen LogP contribution in [-0.4, -0.2) is 24.2 Å². The molecule has 1 aromatic heterocycles. The molecule has 1 aliphatic rings. The predicted octanol–water partition coefficient (Wildman–Crippen LogP) is 1.49. The van der Waals surface area contributed by atoms with Gasteiger partial charge < -0.3 is 4.74 Å². The second-order valence-corrected chi connectivity index (χ2v) is 3.43. The Hall–Kier alpha value is -0.800. The van der Waals surface area contributed by atoms with Gasteiger partial charge in [0.2, 0.25) is 0 Å². The standard InChI is InChI=1S/C9H10ClN2O/c10-7-3-9(5-11-4-7)13-6-8-1-2-12-8/h3-5,8H,1-2,6H2. The molecule has 0 N–H and O–H groups in total. The van der Waals surface area contributed by atoms with Gasteiger partial charge in [-0.15, -0.1) is 0 Å². The maximum Gasteiger partial charge on any atom is 0.139 e. The van der Waals surface area contributed by atoms with E-state index in [1.807, 2.05) is 0 Å². The fourth-order valence-corrected chi connectivity index (χ4v) is 1.28. The average molecular weight is 198 g/mol. The molecular weight excluding hydrogens is 188 g/mol. The molecule has 1 atom stereocenters. The molecule has 0 amide bonds. The topological polar surface area (TPSA) is 36.2 Å². The number of aromatic nitrogens is 1. The highest BCUT2D eigenvalue weighted by molar-refractivity contribution is 6.30. The van der Waals surface area contributed by atoms with Crippen LogP contribution in [0.1, 0.15) is 6.42 Å². The summed E-state index contributed by atoms with van der Waals surface area (Å²) in [6, 6.07) is 2.13. The molecule has 0 aromatic carbocycles. The Morgan fingerprint density at radius 2 is 2.38 bits per heavy atom. The minimum atomic E-state index is 0.374. The highest BCUT2D eigenvalue weighted by atomic mass is 35.5. The van der Waals surface area contributed by atoms with Crippen molar-refractivity contribution in [2.75, 3.05) is 13.2 Å². The minimum absolute atomic E-state index is 0.374. The van der Waals surface area contributed by atoms with E-state index in [0.717, 1.165) is 18.7 Å². The largest absolute Gasteiger partial charge is 0.490 e. The molecule has 1 aromatic rings. The number of hydrogen-bond acceptors (Lipinski definition) is 2. The van der Waals surface area contributed by atoms with Crippen molar-refractivity contribution in [2.24, 2.45) is 0 Å². The lowest BCUT2D eigenvalue weighted by Gasteiger charge is -2.24. The second-order valence-electron chi connectivity index (χ2n) is 3.00. The summed E-state index contributed by atoms with van der Waals surface area (Å²) in [6.07, 6.45) is 4.38. The van der Waals surface area contributed by atoms with Gasteiger partial charge >= 0.3 is 0 Å². The molecule has 2 heterocycles. The van der Waals surface area contributed by atoms with E-state index in [1.54, 1.807) is 18.5 Å². The van der Waals surface area contributed by atoms with Gasteiger partial charge in [0, 0.05) is 18.8 Å². The molecular formula is C9H10ClN2O. The van der Waals surface area contributed by atoms with Gasteiger partial charge in [-0.3, -0.25) is 4.98 Å². The van der Waals surface area contributed by atoms with Gasteiger partial charge in [-0.25, -0.2) is 5.32 Å². The third kappa shape index (κ3) is 2.32. The first-order valence-electron chi connectivity index (χ1n) is 4.24. The molecule has 0 saturated carbocycles. The van der Waals surface area contributed by atoms with E-state index in [0.29, 0.717) is 17.7 Å². The molecule has 0 aliphatic carbocycles. The Bertz CT molecular complexity index is 289. The number of halogens is 1. The minimum Gasteiger partial charge on any atom is -0.490 e. The zero-order valence-electron chi connectivity index (χ0n) is 7.11. The molecule has 1 unspecified atom stereocenters. The lowest BCUT2D eigenvalue weighted by atomic mass is 10.1. The first-order chi connectivity index (χ1) is 6.34. The van der Waals surface area contributed by atoms with Gasteiger partial charge in [0.1, 0.15) is 12.4 Å². The van der Waals surface area contributed by atoms with Crippen LogP contribution in [0.4, 0.5) is 0 Å². The summed E-state index contributed by atoms with van der Waals surface area (Å²) in [4.78, 5) is 3.92. The Morgan fingerprint density at radius 3 is 3.00 bits per heavy atom. The van der Waals surface area contributed by atoms with Crippen LogP contribution in [0, 0.1) is 0 Å².